The summed E-state index contributed by atoms with van der Waals surface area (Å²) in [5.41, 5.74) is -1.95. The number of hydrogen-bond donors (Lipinski definition) is 2. The fourth-order valence-electron chi connectivity index (χ4n) is 2.14. The van der Waals surface area contributed by atoms with Crippen LogP contribution in [0.1, 0.15) is 40.0 Å². The van der Waals surface area contributed by atoms with Crippen LogP contribution in [0.2, 0.25) is 0 Å². The van der Waals surface area contributed by atoms with E-state index in [0.29, 0.717) is 19.3 Å². The minimum absolute atomic E-state index is 0.356. The highest BCUT2D eigenvalue weighted by Gasteiger charge is 2.51. The fourth-order valence-corrected chi connectivity index (χ4v) is 2.14. The number of carbonyl (C=O) groups excluding carboxylic acids is 1. The van der Waals surface area contributed by atoms with E-state index in [9.17, 15) is 19.1 Å². The van der Waals surface area contributed by atoms with Gasteiger partial charge in [-0.15, -0.1) is 0 Å². The lowest BCUT2D eigenvalue weighted by molar-refractivity contribution is -0.144. The van der Waals surface area contributed by atoms with Crippen molar-refractivity contribution in [1.29, 1.82) is 0 Å². The number of amides is 1. The average Bonchev–Trinajstić information content (AvgIpc) is 2.10. The SMILES string of the molecule is C=C(F)C1(C(NC(=O)OC(C)(C)C)C(=O)O)CCC1. The zero-order valence-corrected chi connectivity index (χ0v) is 11.5. The van der Waals surface area contributed by atoms with Gasteiger partial charge in [0.15, 0.2) is 0 Å². The molecule has 0 heterocycles. The number of nitrogens with one attached hydrogen (secondary N) is 1. The van der Waals surface area contributed by atoms with Gasteiger partial charge >= 0.3 is 12.1 Å². The van der Waals surface area contributed by atoms with Crippen LogP contribution in [0.25, 0.3) is 0 Å². The summed E-state index contributed by atoms with van der Waals surface area (Å²) in [6, 6.07) is -1.35. The van der Waals surface area contributed by atoms with Gasteiger partial charge in [-0.1, -0.05) is 13.0 Å². The van der Waals surface area contributed by atoms with E-state index in [2.05, 4.69) is 11.9 Å². The van der Waals surface area contributed by atoms with E-state index in [1.807, 2.05) is 0 Å². The Morgan fingerprint density at radius 1 is 1.42 bits per heavy atom. The molecule has 1 fully saturated rings. The molecule has 0 aliphatic heterocycles. The minimum Gasteiger partial charge on any atom is -0.480 e. The second-order valence-electron chi connectivity index (χ2n) is 5.83. The first kappa shape index (κ1) is 15.5. The quantitative estimate of drug-likeness (QED) is 0.825. The molecule has 1 rings (SSSR count). The molecule has 1 atom stereocenters. The number of carbonyl (C=O) groups is 2. The van der Waals surface area contributed by atoms with Gasteiger partial charge in [0.05, 0.1) is 5.41 Å². The number of rotatable bonds is 4. The summed E-state index contributed by atoms with van der Waals surface area (Å²) in [5, 5.41) is 11.4. The van der Waals surface area contributed by atoms with Gasteiger partial charge in [0, 0.05) is 0 Å². The summed E-state index contributed by atoms with van der Waals surface area (Å²) in [4.78, 5) is 22.9. The molecular formula is C13H20FNO4. The second-order valence-corrected chi connectivity index (χ2v) is 5.83. The summed E-state index contributed by atoms with van der Waals surface area (Å²) in [5.74, 6) is -1.99. The topological polar surface area (TPSA) is 75.6 Å². The first-order chi connectivity index (χ1) is 8.58. The molecule has 6 heteroatoms. The summed E-state index contributed by atoms with van der Waals surface area (Å²) in [7, 11) is 0. The van der Waals surface area contributed by atoms with E-state index in [-0.39, 0.29) is 0 Å². The third-order valence-electron chi connectivity index (χ3n) is 3.25. The van der Waals surface area contributed by atoms with Crippen LogP contribution in [0.5, 0.6) is 0 Å². The maximum absolute atomic E-state index is 13.6. The van der Waals surface area contributed by atoms with Crippen LogP contribution in [0, 0.1) is 5.41 Å². The largest absolute Gasteiger partial charge is 0.480 e. The predicted octanol–water partition coefficient (Wildman–Crippen LogP) is 2.62. The van der Waals surface area contributed by atoms with Crippen molar-refractivity contribution in [3.63, 3.8) is 0 Å². The number of halogens is 1. The number of ether oxygens (including phenoxy) is 1. The van der Waals surface area contributed by atoms with Gasteiger partial charge in [-0.2, -0.15) is 0 Å². The third kappa shape index (κ3) is 3.45. The molecule has 1 aliphatic rings. The van der Waals surface area contributed by atoms with Crippen molar-refractivity contribution >= 4 is 12.1 Å². The standard InChI is InChI=1S/C13H20FNO4/c1-8(14)13(6-5-7-13)9(10(16)17)15-11(18)19-12(2,3)4/h9H,1,5-7H2,2-4H3,(H,15,18)(H,16,17). The molecule has 1 unspecified atom stereocenters. The Bertz CT molecular complexity index is 396. The van der Waals surface area contributed by atoms with E-state index < -0.39 is 34.9 Å². The van der Waals surface area contributed by atoms with Crippen LogP contribution >= 0.6 is 0 Å². The molecule has 0 radical (unpaired) electrons. The molecule has 1 saturated carbocycles. The van der Waals surface area contributed by atoms with Crippen molar-refractivity contribution in [1.82, 2.24) is 5.32 Å². The van der Waals surface area contributed by atoms with Gasteiger partial charge in [0.25, 0.3) is 0 Å². The first-order valence-electron chi connectivity index (χ1n) is 6.16. The molecule has 1 aliphatic carbocycles. The highest BCUT2D eigenvalue weighted by molar-refractivity contribution is 5.81. The smallest absolute Gasteiger partial charge is 0.408 e. The van der Waals surface area contributed by atoms with Gasteiger partial charge in [-0.3, -0.25) is 0 Å². The number of hydrogen-bond acceptors (Lipinski definition) is 3. The molecule has 0 aromatic heterocycles. The van der Waals surface area contributed by atoms with Crippen molar-refractivity contribution in [2.45, 2.75) is 51.7 Å². The maximum Gasteiger partial charge on any atom is 0.408 e. The zero-order valence-electron chi connectivity index (χ0n) is 11.5. The number of carboxylic acids is 1. The monoisotopic (exact) mass is 273 g/mol. The molecule has 19 heavy (non-hydrogen) atoms. The van der Waals surface area contributed by atoms with Gasteiger partial charge in [-0.25, -0.2) is 14.0 Å². The Morgan fingerprint density at radius 2 is 1.95 bits per heavy atom. The van der Waals surface area contributed by atoms with E-state index in [0.717, 1.165) is 0 Å². The highest BCUT2D eigenvalue weighted by atomic mass is 19.1. The molecule has 0 bridgehead atoms. The summed E-state index contributed by atoms with van der Waals surface area (Å²) >= 11 is 0. The van der Waals surface area contributed by atoms with Gasteiger partial charge < -0.3 is 15.2 Å². The van der Waals surface area contributed by atoms with Gasteiger partial charge in [0.2, 0.25) is 0 Å². The molecule has 2 N–H and O–H groups in total. The van der Waals surface area contributed by atoms with Crippen molar-refractivity contribution in [2.75, 3.05) is 0 Å². The summed E-state index contributed by atoms with van der Waals surface area (Å²) in [6.07, 6.45) is 0.555. The maximum atomic E-state index is 13.6. The fraction of sp³-hybridized carbons (Fsp3) is 0.692. The van der Waals surface area contributed by atoms with Gasteiger partial charge in [0.1, 0.15) is 17.5 Å². The molecule has 1 amide bonds. The third-order valence-corrected chi connectivity index (χ3v) is 3.25. The van der Waals surface area contributed by atoms with Crippen LogP contribution in [-0.2, 0) is 9.53 Å². The Kier molecular flexibility index (Phi) is 4.22. The lowest BCUT2D eigenvalue weighted by Gasteiger charge is -2.44. The summed E-state index contributed by atoms with van der Waals surface area (Å²) in [6.45, 7) is 8.20. The van der Waals surface area contributed by atoms with Gasteiger partial charge in [-0.05, 0) is 33.6 Å². The predicted molar refractivity (Wildman–Crippen MR) is 67.3 cm³/mol. The average molecular weight is 273 g/mol. The number of aliphatic carboxylic acids is 1. The van der Waals surface area contributed by atoms with Crippen molar-refractivity contribution < 1.29 is 23.8 Å². The molecule has 0 aromatic carbocycles. The van der Waals surface area contributed by atoms with Crippen LogP contribution in [0.4, 0.5) is 9.18 Å². The second kappa shape index (κ2) is 5.19. The summed E-state index contributed by atoms with van der Waals surface area (Å²) < 4.78 is 18.5. The Hall–Kier alpha value is -1.59. The molecule has 108 valence electrons. The van der Waals surface area contributed by atoms with Crippen molar-refractivity contribution in [2.24, 2.45) is 5.41 Å². The highest BCUT2D eigenvalue weighted by Crippen LogP contribution is 2.49. The molecule has 0 aromatic rings. The Labute approximate surface area is 111 Å². The van der Waals surface area contributed by atoms with Crippen LogP contribution in [-0.4, -0.2) is 28.8 Å². The van der Waals surface area contributed by atoms with Crippen molar-refractivity contribution in [3.05, 3.63) is 12.4 Å². The first-order valence-corrected chi connectivity index (χ1v) is 6.16. The lowest BCUT2D eigenvalue weighted by atomic mass is 9.63. The van der Waals surface area contributed by atoms with E-state index >= 15 is 0 Å². The molecule has 5 nitrogen and oxygen atoms in total. The Morgan fingerprint density at radius 3 is 2.21 bits per heavy atom. The zero-order chi connectivity index (χ0) is 14.8. The normalized spacial score (nSPS) is 18.9. The molecule has 0 saturated heterocycles. The van der Waals surface area contributed by atoms with Crippen molar-refractivity contribution in [3.8, 4) is 0 Å². The van der Waals surface area contributed by atoms with E-state index in [1.165, 1.54) is 0 Å². The number of carboxylic acid groups (broad SMARTS) is 1. The minimum atomic E-state index is -1.35. The molecular weight excluding hydrogens is 253 g/mol. The van der Waals surface area contributed by atoms with Crippen LogP contribution < -0.4 is 5.32 Å². The van der Waals surface area contributed by atoms with E-state index in [4.69, 9.17) is 4.74 Å². The number of alkyl carbamates (subject to hydrolysis) is 1. The molecule has 0 spiro atoms. The Balaban J connectivity index is 2.82. The van der Waals surface area contributed by atoms with Crippen LogP contribution in [0.3, 0.4) is 0 Å². The lowest BCUT2D eigenvalue weighted by Crippen LogP contribution is -2.56. The van der Waals surface area contributed by atoms with E-state index in [1.54, 1.807) is 20.8 Å². The van der Waals surface area contributed by atoms with Crippen LogP contribution in [0.15, 0.2) is 12.4 Å².